The Morgan fingerprint density at radius 1 is 1.08 bits per heavy atom. The van der Waals surface area contributed by atoms with Gasteiger partial charge in [0.05, 0.1) is 24.6 Å². The van der Waals surface area contributed by atoms with Crippen molar-refractivity contribution in [3.8, 4) is 0 Å². The molecule has 0 bridgehead atoms. The number of nitrogens with one attached hydrogen (secondary N) is 1. The van der Waals surface area contributed by atoms with Gasteiger partial charge in [0.2, 0.25) is 0 Å². The van der Waals surface area contributed by atoms with E-state index in [1.54, 1.807) is 12.1 Å². The largest absolute Gasteiger partial charge is 0.465 e. The molecule has 0 radical (unpaired) electrons. The monoisotopic (exact) mass is 375 g/mol. The molecule has 0 saturated heterocycles. The van der Waals surface area contributed by atoms with Crippen LogP contribution in [0.15, 0.2) is 51.7 Å². The number of anilines is 1. The molecule has 1 amide bonds. The summed E-state index contributed by atoms with van der Waals surface area (Å²) in [6.07, 6.45) is 2.70. The molecule has 3 aromatic rings. The molecule has 26 heavy (non-hydrogen) atoms. The number of esters is 2. The number of furan rings is 2. The van der Waals surface area contributed by atoms with Gasteiger partial charge in [0.1, 0.15) is 10.4 Å². The summed E-state index contributed by atoms with van der Waals surface area (Å²) < 4.78 is 19.9. The van der Waals surface area contributed by atoms with Crippen molar-refractivity contribution in [2.24, 2.45) is 0 Å². The molecule has 0 atom stereocenters. The lowest BCUT2D eigenvalue weighted by atomic mass is 10.2. The number of methoxy groups -OCH3 is 1. The summed E-state index contributed by atoms with van der Waals surface area (Å²) in [7, 11) is 1.25. The minimum absolute atomic E-state index is 0.163. The highest BCUT2D eigenvalue weighted by atomic mass is 32.1. The molecule has 0 saturated carbocycles. The second-order valence-corrected chi connectivity index (χ2v) is 6.00. The smallest absolute Gasteiger partial charge is 0.348 e. The molecule has 0 spiro atoms. The molecule has 0 aliphatic heterocycles. The van der Waals surface area contributed by atoms with Crippen molar-refractivity contribution in [2.75, 3.05) is 12.4 Å². The number of carbonyl (C=O) groups is 3. The van der Waals surface area contributed by atoms with E-state index in [0.717, 1.165) is 11.3 Å². The van der Waals surface area contributed by atoms with Crippen LogP contribution in [0.2, 0.25) is 0 Å². The highest BCUT2D eigenvalue weighted by Crippen LogP contribution is 2.24. The van der Waals surface area contributed by atoms with Crippen molar-refractivity contribution >= 4 is 34.2 Å². The lowest BCUT2D eigenvalue weighted by Crippen LogP contribution is -2.09. The first-order valence-corrected chi connectivity index (χ1v) is 8.16. The number of ether oxygens (including phenoxy) is 2. The minimum atomic E-state index is -0.610. The van der Waals surface area contributed by atoms with E-state index in [0.29, 0.717) is 5.00 Å². The van der Waals surface area contributed by atoms with E-state index in [2.05, 4.69) is 10.1 Å². The van der Waals surface area contributed by atoms with Crippen LogP contribution in [0, 0.1) is 0 Å². The zero-order valence-electron chi connectivity index (χ0n) is 13.5. The fraction of sp³-hybridized carbons (Fsp3) is 0.118. The Morgan fingerprint density at radius 3 is 2.65 bits per heavy atom. The average molecular weight is 375 g/mol. The highest BCUT2D eigenvalue weighted by molar-refractivity contribution is 7.18. The number of thiophene rings is 1. The lowest BCUT2D eigenvalue weighted by molar-refractivity contribution is 0.0437. The Morgan fingerprint density at radius 2 is 1.92 bits per heavy atom. The number of hydrogen-bond donors (Lipinski definition) is 1. The van der Waals surface area contributed by atoms with Gasteiger partial charge >= 0.3 is 11.9 Å². The molecule has 0 unspecified atom stereocenters. The van der Waals surface area contributed by atoms with E-state index in [1.807, 2.05) is 0 Å². The van der Waals surface area contributed by atoms with Crippen LogP contribution in [-0.4, -0.2) is 25.0 Å². The molecular formula is C17H13NO7S. The third kappa shape index (κ3) is 3.83. The predicted octanol–water partition coefficient (Wildman–Crippen LogP) is 3.33. The maximum Gasteiger partial charge on any atom is 0.348 e. The van der Waals surface area contributed by atoms with Gasteiger partial charge in [-0.25, -0.2) is 9.59 Å². The molecule has 1 N–H and O–H groups in total. The Kier molecular flexibility index (Phi) is 5.18. The van der Waals surface area contributed by atoms with Gasteiger partial charge in [0.15, 0.2) is 18.1 Å². The molecule has 134 valence electrons. The van der Waals surface area contributed by atoms with Crippen molar-refractivity contribution < 1.29 is 32.7 Å². The van der Waals surface area contributed by atoms with Gasteiger partial charge < -0.3 is 23.6 Å². The molecule has 0 aromatic carbocycles. The number of amides is 1. The maximum absolute atomic E-state index is 12.1. The molecule has 3 aromatic heterocycles. The molecular weight excluding hydrogens is 362 g/mol. The summed E-state index contributed by atoms with van der Waals surface area (Å²) >= 11 is 1.05. The second-order valence-electron chi connectivity index (χ2n) is 4.92. The van der Waals surface area contributed by atoms with Crippen LogP contribution in [-0.2, 0) is 16.1 Å². The van der Waals surface area contributed by atoms with Gasteiger partial charge in [0, 0.05) is 0 Å². The Bertz CT molecular complexity index is 923. The normalized spacial score (nSPS) is 10.3. The van der Waals surface area contributed by atoms with Crippen molar-refractivity contribution in [3.05, 3.63) is 64.8 Å². The van der Waals surface area contributed by atoms with Crippen LogP contribution in [0.3, 0.4) is 0 Å². The molecule has 8 nitrogen and oxygen atoms in total. The van der Waals surface area contributed by atoms with E-state index in [-0.39, 0.29) is 28.6 Å². The summed E-state index contributed by atoms with van der Waals surface area (Å²) in [4.78, 5) is 35.8. The van der Waals surface area contributed by atoms with Crippen LogP contribution >= 0.6 is 11.3 Å². The zero-order chi connectivity index (χ0) is 18.5. The van der Waals surface area contributed by atoms with Crippen LogP contribution in [0.25, 0.3) is 0 Å². The summed E-state index contributed by atoms with van der Waals surface area (Å²) in [5, 5.41) is 3.08. The van der Waals surface area contributed by atoms with Crippen LogP contribution in [0.5, 0.6) is 0 Å². The molecule has 3 rings (SSSR count). The Balaban J connectivity index is 1.59. The van der Waals surface area contributed by atoms with E-state index in [1.165, 1.54) is 37.8 Å². The summed E-state index contributed by atoms with van der Waals surface area (Å²) in [5.41, 5.74) is 0.192. The average Bonchev–Trinajstić information content (AvgIpc) is 3.39. The zero-order valence-corrected chi connectivity index (χ0v) is 14.3. The first-order chi connectivity index (χ1) is 12.6. The summed E-state index contributed by atoms with van der Waals surface area (Å²) in [6.45, 7) is -0.220. The molecule has 3 heterocycles. The number of hydrogen-bond acceptors (Lipinski definition) is 8. The first-order valence-electron chi connectivity index (χ1n) is 7.35. The lowest BCUT2D eigenvalue weighted by Gasteiger charge is -2.03. The SMILES string of the molecule is COC(=O)c1ccoc1COC(=O)c1ccc(NC(=O)c2ccco2)s1. The molecule has 9 heteroatoms. The number of carbonyl (C=O) groups excluding carboxylic acids is 3. The Hall–Kier alpha value is -3.33. The fourth-order valence-corrected chi connectivity index (χ4v) is 2.84. The third-order valence-corrected chi connectivity index (χ3v) is 4.25. The second kappa shape index (κ2) is 7.70. The van der Waals surface area contributed by atoms with E-state index in [4.69, 9.17) is 13.6 Å². The van der Waals surface area contributed by atoms with Gasteiger partial charge in [-0.2, -0.15) is 0 Å². The van der Waals surface area contributed by atoms with E-state index in [9.17, 15) is 14.4 Å². The van der Waals surface area contributed by atoms with Crippen LogP contribution in [0.4, 0.5) is 5.00 Å². The van der Waals surface area contributed by atoms with Crippen molar-refractivity contribution in [1.82, 2.24) is 0 Å². The van der Waals surface area contributed by atoms with Gasteiger partial charge in [-0.05, 0) is 30.3 Å². The van der Waals surface area contributed by atoms with Gasteiger partial charge in [-0.1, -0.05) is 0 Å². The quantitative estimate of drug-likeness (QED) is 0.658. The summed E-state index contributed by atoms with van der Waals surface area (Å²) in [5.74, 6) is -1.26. The minimum Gasteiger partial charge on any atom is -0.465 e. The summed E-state index contributed by atoms with van der Waals surface area (Å²) in [6, 6.07) is 7.66. The third-order valence-electron chi connectivity index (χ3n) is 3.27. The standard InChI is InChI=1S/C17H13NO7S/c1-22-16(20)10-6-8-24-12(10)9-25-17(21)13-4-5-14(26-13)18-15(19)11-3-2-7-23-11/h2-8H,9H2,1H3,(H,18,19). The number of rotatable bonds is 6. The van der Waals surface area contributed by atoms with Crippen LogP contribution < -0.4 is 5.32 Å². The molecule has 0 aliphatic carbocycles. The topological polar surface area (TPSA) is 108 Å². The van der Waals surface area contributed by atoms with Gasteiger partial charge in [-0.3, -0.25) is 4.79 Å². The van der Waals surface area contributed by atoms with Crippen molar-refractivity contribution in [1.29, 1.82) is 0 Å². The maximum atomic E-state index is 12.1. The van der Waals surface area contributed by atoms with Gasteiger partial charge in [0.25, 0.3) is 5.91 Å². The molecule has 0 fully saturated rings. The predicted molar refractivity (Wildman–Crippen MR) is 90.1 cm³/mol. The van der Waals surface area contributed by atoms with E-state index < -0.39 is 17.8 Å². The van der Waals surface area contributed by atoms with Gasteiger partial charge in [-0.15, -0.1) is 11.3 Å². The first kappa shape index (κ1) is 17.5. The van der Waals surface area contributed by atoms with E-state index >= 15 is 0 Å². The fourth-order valence-electron chi connectivity index (χ4n) is 2.04. The Labute approximate surface area is 151 Å². The van der Waals surface area contributed by atoms with Crippen LogP contribution in [0.1, 0.15) is 36.3 Å². The highest BCUT2D eigenvalue weighted by Gasteiger charge is 2.18. The van der Waals surface area contributed by atoms with Crippen molar-refractivity contribution in [3.63, 3.8) is 0 Å². The molecule has 0 aliphatic rings. The van der Waals surface area contributed by atoms with Crippen molar-refractivity contribution in [2.45, 2.75) is 6.61 Å².